The van der Waals surface area contributed by atoms with Crippen LogP contribution in [0.1, 0.15) is 34.8 Å². The van der Waals surface area contributed by atoms with Gasteiger partial charge >= 0.3 is 0 Å². The molecule has 2 heterocycles. The molecule has 1 amide bonds. The highest BCUT2D eigenvalue weighted by molar-refractivity contribution is 7.11. The first kappa shape index (κ1) is 13.5. The van der Waals surface area contributed by atoms with Crippen molar-refractivity contribution in [1.82, 2.24) is 15.6 Å². The van der Waals surface area contributed by atoms with Crippen LogP contribution < -0.4 is 10.6 Å². The van der Waals surface area contributed by atoms with Crippen LogP contribution in [-0.4, -0.2) is 24.0 Å². The third kappa shape index (κ3) is 3.78. The van der Waals surface area contributed by atoms with Crippen LogP contribution in [0.4, 0.5) is 0 Å². The summed E-state index contributed by atoms with van der Waals surface area (Å²) in [6, 6.07) is 0. The molecule has 0 radical (unpaired) electrons. The Morgan fingerprint density at radius 1 is 1.56 bits per heavy atom. The van der Waals surface area contributed by atoms with E-state index < -0.39 is 0 Å². The Morgan fingerprint density at radius 2 is 2.39 bits per heavy atom. The number of nitrogens with one attached hydrogen (secondary N) is 2. The first-order valence-electron chi connectivity index (χ1n) is 6.55. The molecule has 0 aliphatic carbocycles. The van der Waals surface area contributed by atoms with Gasteiger partial charge in [0.15, 0.2) is 0 Å². The zero-order valence-corrected chi connectivity index (χ0v) is 11.9. The number of carbonyl (C=O) groups is 1. The molecule has 2 rings (SSSR count). The van der Waals surface area contributed by atoms with Gasteiger partial charge in [0, 0.05) is 11.3 Å². The number of hydrogen-bond acceptors (Lipinski definition) is 4. The SMILES string of the molecule is Cc1nc(CNC(=O)CCC2CCNC2)sc1C. The predicted octanol–water partition coefficient (Wildman–Crippen LogP) is 1.77. The van der Waals surface area contributed by atoms with E-state index in [1.165, 1.54) is 11.3 Å². The summed E-state index contributed by atoms with van der Waals surface area (Å²) >= 11 is 1.66. The van der Waals surface area contributed by atoms with E-state index in [4.69, 9.17) is 0 Å². The minimum Gasteiger partial charge on any atom is -0.350 e. The van der Waals surface area contributed by atoms with Gasteiger partial charge in [-0.15, -0.1) is 11.3 Å². The Kier molecular flexibility index (Phi) is 4.72. The number of aryl methyl sites for hydroxylation is 2. The van der Waals surface area contributed by atoms with Crippen LogP contribution in [-0.2, 0) is 11.3 Å². The van der Waals surface area contributed by atoms with Gasteiger partial charge in [-0.1, -0.05) is 0 Å². The van der Waals surface area contributed by atoms with Crippen molar-refractivity contribution in [3.05, 3.63) is 15.6 Å². The van der Waals surface area contributed by atoms with Gasteiger partial charge in [0.1, 0.15) is 5.01 Å². The van der Waals surface area contributed by atoms with Crippen LogP contribution in [0.5, 0.6) is 0 Å². The highest BCUT2D eigenvalue weighted by Crippen LogP contribution is 2.16. The second-order valence-electron chi connectivity index (χ2n) is 4.92. The lowest BCUT2D eigenvalue weighted by Gasteiger charge is -2.07. The zero-order valence-electron chi connectivity index (χ0n) is 11.1. The topological polar surface area (TPSA) is 54.0 Å². The molecule has 1 unspecified atom stereocenters. The van der Waals surface area contributed by atoms with Crippen molar-refractivity contribution in [3.63, 3.8) is 0 Å². The monoisotopic (exact) mass is 267 g/mol. The van der Waals surface area contributed by atoms with Gasteiger partial charge in [-0.3, -0.25) is 4.79 Å². The smallest absolute Gasteiger partial charge is 0.220 e. The van der Waals surface area contributed by atoms with Crippen LogP contribution in [0.25, 0.3) is 0 Å². The lowest BCUT2D eigenvalue weighted by molar-refractivity contribution is -0.121. The quantitative estimate of drug-likeness (QED) is 0.855. The summed E-state index contributed by atoms with van der Waals surface area (Å²) in [5.41, 5.74) is 1.07. The second-order valence-corrected chi connectivity index (χ2v) is 6.21. The van der Waals surface area contributed by atoms with E-state index in [1.807, 2.05) is 6.92 Å². The highest BCUT2D eigenvalue weighted by atomic mass is 32.1. The first-order chi connectivity index (χ1) is 8.65. The predicted molar refractivity (Wildman–Crippen MR) is 73.6 cm³/mol. The Balaban J connectivity index is 1.67. The van der Waals surface area contributed by atoms with Crippen molar-refractivity contribution in [3.8, 4) is 0 Å². The lowest BCUT2D eigenvalue weighted by Crippen LogP contribution is -2.23. The van der Waals surface area contributed by atoms with E-state index in [1.54, 1.807) is 11.3 Å². The molecule has 1 aliphatic heterocycles. The maximum atomic E-state index is 11.7. The molecule has 5 heteroatoms. The molecule has 1 aromatic heterocycles. The Hall–Kier alpha value is -0.940. The van der Waals surface area contributed by atoms with Gasteiger partial charge in [0.2, 0.25) is 5.91 Å². The minimum atomic E-state index is 0.146. The fourth-order valence-corrected chi connectivity index (χ4v) is 3.05. The number of carbonyl (C=O) groups excluding carboxylic acids is 1. The Bertz CT molecular complexity index is 391. The average Bonchev–Trinajstić information content (AvgIpc) is 2.95. The summed E-state index contributed by atoms with van der Waals surface area (Å²) in [5, 5.41) is 7.28. The number of nitrogens with zero attached hydrogens (tertiary/aromatic N) is 1. The average molecular weight is 267 g/mol. The molecule has 2 N–H and O–H groups in total. The van der Waals surface area contributed by atoms with Crippen LogP contribution in [0.2, 0.25) is 0 Å². The molecule has 0 saturated carbocycles. The first-order valence-corrected chi connectivity index (χ1v) is 7.37. The molecule has 1 saturated heterocycles. The van der Waals surface area contributed by atoms with Crippen molar-refractivity contribution >= 4 is 17.2 Å². The molecule has 0 aromatic carbocycles. The van der Waals surface area contributed by atoms with Crippen molar-refractivity contribution < 1.29 is 4.79 Å². The summed E-state index contributed by atoms with van der Waals surface area (Å²) in [6.45, 7) is 6.80. The van der Waals surface area contributed by atoms with Crippen molar-refractivity contribution in [1.29, 1.82) is 0 Å². The van der Waals surface area contributed by atoms with E-state index in [2.05, 4.69) is 22.5 Å². The number of amides is 1. The van der Waals surface area contributed by atoms with E-state index >= 15 is 0 Å². The Labute approximate surface area is 112 Å². The number of thiazole rings is 1. The molecule has 4 nitrogen and oxygen atoms in total. The maximum Gasteiger partial charge on any atom is 0.220 e. The summed E-state index contributed by atoms with van der Waals surface area (Å²) in [7, 11) is 0. The largest absolute Gasteiger partial charge is 0.350 e. The molecule has 1 fully saturated rings. The number of rotatable bonds is 5. The summed E-state index contributed by atoms with van der Waals surface area (Å²) < 4.78 is 0. The fraction of sp³-hybridized carbons (Fsp3) is 0.692. The second kappa shape index (κ2) is 6.29. The highest BCUT2D eigenvalue weighted by Gasteiger charge is 2.15. The third-order valence-corrected chi connectivity index (χ3v) is 4.52. The van der Waals surface area contributed by atoms with Crippen LogP contribution in [0.15, 0.2) is 0 Å². The van der Waals surface area contributed by atoms with Gasteiger partial charge in [-0.2, -0.15) is 0 Å². The zero-order chi connectivity index (χ0) is 13.0. The lowest BCUT2D eigenvalue weighted by atomic mass is 10.0. The maximum absolute atomic E-state index is 11.7. The third-order valence-electron chi connectivity index (χ3n) is 3.45. The van der Waals surface area contributed by atoms with E-state index in [9.17, 15) is 4.79 Å². The van der Waals surface area contributed by atoms with Crippen LogP contribution >= 0.6 is 11.3 Å². The number of aromatic nitrogens is 1. The van der Waals surface area contributed by atoms with Crippen molar-refractivity contribution in [2.24, 2.45) is 5.92 Å². The van der Waals surface area contributed by atoms with Gasteiger partial charge in [-0.05, 0) is 45.7 Å². The van der Waals surface area contributed by atoms with Gasteiger partial charge in [-0.25, -0.2) is 4.98 Å². The molecule has 0 bridgehead atoms. The van der Waals surface area contributed by atoms with E-state index in [0.29, 0.717) is 18.9 Å². The molecule has 0 spiro atoms. The van der Waals surface area contributed by atoms with Crippen molar-refractivity contribution in [2.75, 3.05) is 13.1 Å². The summed E-state index contributed by atoms with van der Waals surface area (Å²) in [4.78, 5) is 17.4. The van der Waals surface area contributed by atoms with Gasteiger partial charge in [0.05, 0.1) is 12.2 Å². The van der Waals surface area contributed by atoms with E-state index in [-0.39, 0.29) is 5.91 Å². The minimum absolute atomic E-state index is 0.146. The molecular formula is C13H21N3OS. The summed E-state index contributed by atoms with van der Waals surface area (Å²) in [5.74, 6) is 0.826. The molecule has 1 aliphatic rings. The normalized spacial score (nSPS) is 19.1. The standard InChI is InChI=1S/C13H21N3OS/c1-9-10(2)18-13(16-9)8-15-12(17)4-3-11-5-6-14-7-11/h11,14H,3-8H2,1-2H3,(H,15,17). The summed E-state index contributed by atoms with van der Waals surface area (Å²) in [6.07, 6.45) is 2.84. The molecular weight excluding hydrogens is 246 g/mol. The molecule has 1 aromatic rings. The fourth-order valence-electron chi connectivity index (χ4n) is 2.17. The van der Waals surface area contributed by atoms with Crippen LogP contribution in [0.3, 0.4) is 0 Å². The molecule has 18 heavy (non-hydrogen) atoms. The molecule has 1 atom stereocenters. The molecule has 100 valence electrons. The van der Waals surface area contributed by atoms with Crippen molar-refractivity contribution in [2.45, 2.75) is 39.7 Å². The van der Waals surface area contributed by atoms with Crippen LogP contribution in [0, 0.1) is 19.8 Å². The van der Waals surface area contributed by atoms with Gasteiger partial charge < -0.3 is 10.6 Å². The van der Waals surface area contributed by atoms with E-state index in [0.717, 1.165) is 30.2 Å². The van der Waals surface area contributed by atoms with Gasteiger partial charge in [0.25, 0.3) is 0 Å². The Morgan fingerprint density at radius 3 is 3.00 bits per heavy atom. The number of hydrogen-bond donors (Lipinski definition) is 2.